The maximum absolute atomic E-state index is 9.53. The minimum Gasteiger partial charge on any atom is -0.407 e. The molecule has 0 aliphatic heterocycles. The number of aliphatic hydroxyl groups excluding tert-OH is 1. The summed E-state index contributed by atoms with van der Waals surface area (Å²) in [5, 5.41) is 12.0. The Morgan fingerprint density at radius 3 is 1.79 bits per heavy atom. The van der Waals surface area contributed by atoms with Gasteiger partial charge in [0.1, 0.15) is 0 Å². The van der Waals surface area contributed by atoms with Gasteiger partial charge in [-0.1, -0.05) is 87.5 Å². The van der Waals surface area contributed by atoms with Crippen molar-refractivity contribution in [3.05, 3.63) is 73.3 Å². The molecule has 0 heterocycles. The Balaban J connectivity index is 2.59. The molecule has 0 amide bonds. The van der Waals surface area contributed by atoms with Crippen LogP contribution in [0.4, 0.5) is 0 Å². The molecule has 2 nitrogen and oxygen atoms in total. The Kier molecular flexibility index (Phi) is 6.16. The lowest BCUT2D eigenvalue weighted by Gasteiger charge is -2.43. The number of hydrogen-bond acceptors (Lipinski definition) is 2. The lowest BCUT2D eigenvalue weighted by molar-refractivity contribution is 0.184. The summed E-state index contributed by atoms with van der Waals surface area (Å²) in [7, 11) is -2.50. The first-order valence-electron chi connectivity index (χ1n) is 8.44. The van der Waals surface area contributed by atoms with Crippen LogP contribution in [0, 0.1) is 5.92 Å². The topological polar surface area (TPSA) is 29.5 Å². The SMILES string of the molecule is C=C[C@H](CO)CO[Si](c1ccccc1)(c1ccccc1)C(C)(C)C. The lowest BCUT2D eigenvalue weighted by Crippen LogP contribution is -2.66. The minimum atomic E-state index is -2.50. The zero-order valence-electron chi connectivity index (χ0n) is 14.9. The summed E-state index contributed by atoms with van der Waals surface area (Å²) < 4.78 is 6.72. The molecular weight excluding hydrogens is 312 g/mol. The van der Waals surface area contributed by atoms with Gasteiger partial charge in [-0.3, -0.25) is 0 Å². The molecule has 0 aliphatic rings. The molecule has 24 heavy (non-hydrogen) atoms. The number of rotatable bonds is 7. The summed E-state index contributed by atoms with van der Waals surface area (Å²) in [6.07, 6.45) is 1.78. The maximum Gasteiger partial charge on any atom is 0.261 e. The van der Waals surface area contributed by atoms with Crippen molar-refractivity contribution in [1.82, 2.24) is 0 Å². The molecule has 0 unspecified atom stereocenters. The lowest BCUT2D eigenvalue weighted by atomic mass is 10.2. The van der Waals surface area contributed by atoms with Crippen molar-refractivity contribution < 1.29 is 9.53 Å². The Morgan fingerprint density at radius 2 is 1.46 bits per heavy atom. The van der Waals surface area contributed by atoms with Crippen LogP contribution in [0.2, 0.25) is 5.04 Å². The van der Waals surface area contributed by atoms with Gasteiger partial charge in [0, 0.05) is 12.5 Å². The largest absolute Gasteiger partial charge is 0.407 e. The standard InChI is InChI=1S/C21H28O2Si/c1-5-18(16-22)17-23-24(21(2,3)4,19-12-8-6-9-13-19)20-14-10-7-11-15-20/h5-15,18,22H,1,16-17H2,2-4H3/t18-/m1/s1. The summed E-state index contributed by atoms with van der Waals surface area (Å²) in [6.45, 7) is 11.1. The highest BCUT2D eigenvalue weighted by Crippen LogP contribution is 2.37. The zero-order valence-corrected chi connectivity index (χ0v) is 15.9. The Hall–Kier alpha value is -1.68. The highest BCUT2D eigenvalue weighted by Gasteiger charge is 2.50. The number of aliphatic hydroxyl groups is 1. The van der Waals surface area contributed by atoms with E-state index in [1.54, 1.807) is 6.08 Å². The molecule has 0 spiro atoms. The van der Waals surface area contributed by atoms with E-state index in [0.29, 0.717) is 6.61 Å². The van der Waals surface area contributed by atoms with E-state index in [-0.39, 0.29) is 17.6 Å². The monoisotopic (exact) mass is 340 g/mol. The van der Waals surface area contributed by atoms with Crippen molar-refractivity contribution in [1.29, 1.82) is 0 Å². The number of hydrogen-bond donors (Lipinski definition) is 1. The van der Waals surface area contributed by atoms with Crippen molar-refractivity contribution >= 4 is 18.7 Å². The zero-order chi connectivity index (χ0) is 17.6. The van der Waals surface area contributed by atoms with Gasteiger partial charge in [-0.25, -0.2) is 0 Å². The van der Waals surface area contributed by atoms with Gasteiger partial charge in [-0.15, -0.1) is 6.58 Å². The van der Waals surface area contributed by atoms with E-state index in [4.69, 9.17) is 4.43 Å². The summed E-state index contributed by atoms with van der Waals surface area (Å²) in [5.74, 6) is -0.0494. The second kappa shape index (κ2) is 7.93. The van der Waals surface area contributed by atoms with Gasteiger partial charge in [0.05, 0.1) is 6.61 Å². The van der Waals surface area contributed by atoms with Crippen LogP contribution in [-0.4, -0.2) is 26.6 Å². The molecule has 0 fully saturated rings. The predicted molar refractivity (Wildman–Crippen MR) is 104 cm³/mol. The smallest absolute Gasteiger partial charge is 0.261 e. The summed E-state index contributed by atoms with van der Waals surface area (Å²) in [4.78, 5) is 0. The molecular formula is C21H28O2Si. The molecule has 0 aromatic heterocycles. The van der Waals surface area contributed by atoms with Crippen LogP contribution in [-0.2, 0) is 4.43 Å². The molecule has 0 saturated heterocycles. The highest BCUT2D eigenvalue weighted by atomic mass is 28.4. The van der Waals surface area contributed by atoms with Crippen LogP contribution in [0.3, 0.4) is 0 Å². The molecule has 1 N–H and O–H groups in total. The highest BCUT2D eigenvalue weighted by molar-refractivity contribution is 6.99. The predicted octanol–water partition coefficient (Wildman–Crippen LogP) is 3.36. The molecule has 0 bridgehead atoms. The van der Waals surface area contributed by atoms with Crippen molar-refractivity contribution in [2.75, 3.05) is 13.2 Å². The second-order valence-corrected chi connectivity index (χ2v) is 11.5. The van der Waals surface area contributed by atoms with Gasteiger partial charge in [0.15, 0.2) is 0 Å². The van der Waals surface area contributed by atoms with Gasteiger partial charge < -0.3 is 9.53 Å². The van der Waals surface area contributed by atoms with Crippen LogP contribution >= 0.6 is 0 Å². The van der Waals surface area contributed by atoms with Crippen molar-refractivity contribution in [2.45, 2.75) is 25.8 Å². The van der Waals surface area contributed by atoms with E-state index in [1.165, 1.54) is 10.4 Å². The molecule has 0 radical (unpaired) electrons. The molecule has 3 heteroatoms. The van der Waals surface area contributed by atoms with Crippen LogP contribution < -0.4 is 10.4 Å². The fourth-order valence-electron chi connectivity index (χ4n) is 3.19. The van der Waals surface area contributed by atoms with Crippen molar-refractivity contribution in [3.63, 3.8) is 0 Å². The van der Waals surface area contributed by atoms with Gasteiger partial charge in [0.25, 0.3) is 8.32 Å². The maximum atomic E-state index is 9.53. The molecule has 2 rings (SSSR count). The first-order chi connectivity index (χ1) is 11.5. The summed E-state index contributed by atoms with van der Waals surface area (Å²) in [5.41, 5.74) is 0. The van der Waals surface area contributed by atoms with E-state index in [2.05, 4.69) is 75.9 Å². The third-order valence-electron chi connectivity index (χ3n) is 4.50. The van der Waals surface area contributed by atoms with Gasteiger partial charge in [-0.2, -0.15) is 0 Å². The molecule has 128 valence electrons. The average molecular weight is 341 g/mol. The first kappa shape index (κ1) is 18.7. The third kappa shape index (κ3) is 3.69. The van der Waals surface area contributed by atoms with Crippen molar-refractivity contribution in [2.24, 2.45) is 5.92 Å². The fourth-order valence-corrected chi connectivity index (χ4v) is 7.81. The third-order valence-corrected chi connectivity index (χ3v) is 9.50. The Bertz CT molecular complexity index is 592. The Labute approximate surface area is 146 Å². The van der Waals surface area contributed by atoms with E-state index in [1.807, 2.05) is 12.1 Å². The van der Waals surface area contributed by atoms with Gasteiger partial charge in [0.2, 0.25) is 0 Å². The second-order valence-electron chi connectivity index (χ2n) is 7.15. The van der Waals surface area contributed by atoms with E-state index >= 15 is 0 Å². The molecule has 2 aromatic carbocycles. The van der Waals surface area contributed by atoms with Crippen LogP contribution in [0.15, 0.2) is 73.3 Å². The first-order valence-corrected chi connectivity index (χ1v) is 10.3. The van der Waals surface area contributed by atoms with Gasteiger partial charge in [-0.05, 0) is 15.4 Å². The quantitative estimate of drug-likeness (QED) is 0.619. The van der Waals surface area contributed by atoms with E-state index in [0.717, 1.165) is 0 Å². The average Bonchev–Trinajstić information content (AvgIpc) is 2.59. The summed E-state index contributed by atoms with van der Waals surface area (Å²) in [6, 6.07) is 21.1. The molecule has 0 aliphatic carbocycles. The van der Waals surface area contributed by atoms with E-state index in [9.17, 15) is 5.11 Å². The van der Waals surface area contributed by atoms with Crippen LogP contribution in [0.25, 0.3) is 0 Å². The normalized spacial score (nSPS) is 13.5. The molecule has 1 atom stereocenters. The molecule has 2 aromatic rings. The Morgan fingerprint density at radius 1 is 1.00 bits per heavy atom. The number of benzene rings is 2. The van der Waals surface area contributed by atoms with Crippen molar-refractivity contribution in [3.8, 4) is 0 Å². The summed E-state index contributed by atoms with van der Waals surface area (Å²) >= 11 is 0. The van der Waals surface area contributed by atoms with Crippen LogP contribution in [0.1, 0.15) is 20.8 Å². The van der Waals surface area contributed by atoms with E-state index < -0.39 is 8.32 Å². The minimum absolute atomic E-state index is 0.0448. The fraction of sp³-hybridized carbons (Fsp3) is 0.333. The molecule has 0 saturated carbocycles. The van der Waals surface area contributed by atoms with Gasteiger partial charge >= 0.3 is 0 Å². The van der Waals surface area contributed by atoms with Crippen LogP contribution in [0.5, 0.6) is 0 Å².